The van der Waals surface area contributed by atoms with E-state index in [2.05, 4.69) is 10.1 Å². The molecule has 0 aromatic heterocycles. The lowest BCUT2D eigenvalue weighted by molar-refractivity contribution is -0.122. The average molecular weight is 382 g/mol. The Morgan fingerprint density at radius 3 is 2.33 bits per heavy atom. The molecule has 2 rings (SSSR count). The molecular formula is C19H21F3N2O3. The fourth-order valence-corrected chi connectivity index (χ4v) is 2.22. The molecule has 0 heterocycles. The van der Waals surface area contributed by atoms with E-state index in [1.807, 2.05) is 0 Å². The van der Waals surface area contributed by atoms with Gasteiger partial charge in [-0.25, -0.2) is 4.39 Å². The van der Waals surface area contributed by atoms with Crippen LogP contribution in [0.15, 0.2) is 48.5 Å². The van der Waals surface area contributed by atoms with E-state index in [9.17, 15) is 18.0 Å². The smallest absolute Gasteiger partial charge is 0.387 e. The Labute approximate surface area is 155 Å². The van der Waals surface area contributed by atoms with Crippen molar-refractivity contribution >= 4 is 5.91 Å². The Kier molecular flexibility index (Phi) is 7.94. The molecule has 0 bridgehead atoms. The second kappa shape index (κ2) is 10.4. The van der Waals surface area contributed by atoms with Crippen LogP contribution in [0.5, 0.6) is 11.5 Å². The van der Waals surface area contributed by atoms with E-state index in [-0.39, 0.29) is 30.6 Å². The number of carbonyl (C=O) groups is 1. The molecule has 0 saturated carbocycles. The quantitative estimate of drug-likeness (QED) is 0.686. The molecule has 2 aromatic carbocycles. The summed E-state index contributed by atoms with van der Waals surface area (Å²) in [5.74, 6) is 0.133. The van der Waals surface area contributed by atoms with Gasteiger partial charge in [0.2, 0.25) is 5.91 Å². The Bertz CT molecular complexity index is 709. The third-order valence-electron chi connectivity index (χ3n) is 3.61. The van der Waals surface area contributed by atoms with Crippen LogP contribution in [0.3, 0.4) is 0 Å². The van der Waals surface area contributed by atoms with Gasteiger partial charge in [-0.1, -0.05) is 12.1 Å². The first-order valence-corrected chi connectivity index (χ1v) is 8.30. The Balaban J connectivity index is 1.64. The molecule has 27 heavy (non-hydrogen) atoms. The highest BCUT2D eigenvalue weighted by atomic mass is 19.3. The van der Waals surface area contributed by atoms with Crippen molar-refractivity contribution in [3.63, 3.8) is 0 Å². The predicted molar refractivity (Wildman–Crippen MR) is 94.3 cm³/mol. The molecule has 0 fully saturated rings. The summed E-state index contributed by atoms with van der Waals surface area (Å²) in [4.78, 5) is 13.7. The number of hydrogen-bond acceptors (Lipinski definition) is 4. The maximum absolute atomic E-state index is 12.8. The predicted octanol–water partition coefficient (Wildman–Crippen LogP) is 3.05. The first kappa shape index (κ1) is 20.6. The normalized spacial score (nSPS) is 10.9. The molecule has 0 unspecified atom stereocenters. The van der Waals surface area contributed by atoms with Gasteiger partial charge in [-0.2, -0.15) is 8.78 Å². The van der Waals surface area contributed by atoms with E-state index in [1.54, 1.807) is 36.2 Å². The van der Waals surface area contributed by atoms with E-state index in [0.717, 1.165) is 5.56 Å². The molecule has 0 spiro atoms. The molecule has 8 heteroatoms. The zero-order valence-electron chi connectivity index (χ0n) is 14.8. The van der Waals surface area contributed by atoms with Crippen molar-refractivity contribution in [2.75, 3.05) is 26.7 Å². The van der Waals surface area contributed by atoms with E-state index >= 15 is 0 Å². The van der Waals surface area contributed by atoms with Crippen molar-refractivity contribution in [2.24, 2.45) is 0 Å². The molecule has 0 aliphatic carbocycles. The second-order valence-corrected chi connectivity index (χ2v) is 5.84. The third-order valence-corrected chi connectivity index (χ3v) is 3.61. The van der Waals surface area contributed by atoms with Crippen LogP contribution >= 0.6 is 0 Å². The van der Waals surface area contributed by atoms with Crippen LogP contribution in [-0.2, 0) is 11.3 Å². The van der Waals surface area contributed by atoms with Crippen molar-refractivity contribution < 1.29 is 27.4 Å². The van der Waals surface area contributed by atoms with Crippen molar-refractivity contribution in [1.29, 1.82) is 0 Å². The lowest BCUT2D eigenvalue weighted by Gasteiger charge is -2.16. The summed E-state index contributed by atoms with van der Waals surface area (Å²) in [6.45, 7) is -1.52. The number of ether oxygens (including phenoxy) is 2. The van der Waals surface area contributed by atoms with Gasteiger partial charge in [0.25, 0.3) is 0 Å². The fraction of sp³-hybridized carbons (Fsp3) is 0.316. The number of benzene rings is 2. The molecular weight excluding hydrogens is 361 g/mol. The molecule has 2 aromatic rings. The molecule has 0 aliphatic heterocycles. The number of rotatable bonds is 10. The zero-order valence-corrected chi connectivity index (χ0v) is 14.8. The van der Waals surface area contributed by atoms with Gasteiger partial charge in [0, 0.05) is 13.1 Å². The SMILES string of the molecule is CN(CCOc1ccc(F)cc1)CC(=O)NCc1ccc(OC(F)F)cc1. The lowest BCUT2D eigenvalue weighted by atomic mass is 10.2. The number of carbonyl (C=O) groups excluding carboxylic acids is 1. The van der Waals surface area contributed by atoms with Crippen LogP contribution in [0.1, 0.15) is 5.56 Å². The Morgan fingerprint density at radius 2 is 1.70 bits per heavy atom. The van der Waals surface area contributed by atoms with E-state index in [0.29, 0.717) is 18.9 Å². The summed E-state index contributed by atoms with van der Waals surface area (Å²) in [6, 6.07) is 11.8. The molecule has 1 N–H and O–H groups in total. The summed E-state index contributed by atoms with van der Waals surface area (Å²) < 4.78 is 46.7. The number of nitrogens with zero attached hydrogens (tertiary/aromatic N) is 1. The molecule has 0 aliphatic rings. The van der Waals surface area contributed by atoms with Crippen LogP contribution in [0, 0.1) is 5.82 Å². The standard InChI is InChI=1S/C19H21F3N2O3/c1-24(10-11-26-16-8-4-15(20)5-9-16)13-18(25)23-12-14-2-6-17(7-3-14)27-19(21)22/h2-9,19H,10-13H2,1H3,(H,23,25). The Hall–Kier alpha value is -2.74. The summed E-state index contributed by atoms with van der Waals surface area (Å²) in [7, 11) is 1.78. The molecule has 146 valence electrons. The lowest BCUT2D eigenvalue weighted by Crippen LogP contribution is -2.36. The number of likely N-dealkylation sites (N-methyl/N-ethyl adjacent to an activating group) is 1. The summed E-state index contributed by atoms with van der Waals surface area (Å²) in [5.41, 5.74) is 0.771. The molecule has 0 atom stereocenters. The van der Waals surface area contributed by atoms with E-state index in [4.69, 9.17) is 4.74 Å². The first-order valence-electron chi connectivity index (χ1n) is 8.30. The van der Waals surface area contributed by atoms with Crippen molar-refractivity contribution in [3.05, 3.63) is 59.9 Å². The largest absolute Gasteiger partial charge is 0.492 e. The number of nitrogens with one attached hydrogen (secondary N) is 1. The van der Waals surface area contributed by atoms with Crippen molar-refractivity contribution in [3.8, 4) is 11.5 Å². The summed E-state index contributed by atoms with van der Waals surface area (Å²) in [5, 5.41) is 2.75. The van der Waals surface area contributed by atoms with Gasteiger partial charge >= 0.3 is 6.61 Å². The molecule has 0 radical (unpaired) electrons. The van der Waals surface area contributed by atoms with Crippen LogP contribution < -0.4 is 14.8 Å². The van der Waals surface area contributed by atoms with Gasteiger partial charge in [0.15, 0.2) is 0 Å². The summed E-state index contributed by atoms with van der Waals surface area (Å²) in [6.07, 6.45) is 0. The maximum atomic E-state index is 12.8. The minimum atomic E-state index is -2.86. The molecule has 1 amide bonds. The van der Waals surface area contributed by atoms with Crippen molar-refractivity contribution in [1.82, 2.24) is 10.2 Å². The first-order chi connectivity index (χ1) is 12.9. The van der Waals surface area contributed by atoms with E-state index in [1.165, 1.54) is 24.3 Å². The minimum Gasteiger partial charge on any atom is -0.492 e. The van der Waals surface area contributed by atoms with Crippen LogP contribution in [0.25, 0.3) is 0 Å². The summed E-state index contributed by atoms with van der Waals surface area (Å²) >= 11 is 0. The van der Waals surface area contributed by atoms with E-state index < -0.39 is 6.61 Å². The van der Waals surface area contributed by atoms with Crippen molar-refractivity contribution in [2.45, 2.75) is 13.2 Å². The third kappa shape index (κ3) is 8.00. The Morgan fingerprint density at radius 1 is 1.07 bits per heavy atom. The van der Waals surface area contributed by atoms with Gasteiger partial charge in [-0.05, 0) is 49.0 Å². The molecule has 5 nitrogen and oxygen atoms in total. The fourth-order valence-electron chi connectivity index (χ4n) is 2.22. The number of halogens is 3. The number of alkyl halides is 2. The van der Waals surface area contributed by atoms with Gasteiger partial charge in [-0.3, -0.25) is 9.69 Å². The van der Waals surface area contributed by atoms with Gasteiger partial charge in [0.1, 0.15) is 23.9 Å². The molecule has 0 saturated heterocycles. The highest BCUT2D eigenvalue weighted by Gasteiger charge is 2.08. The second-order valence-electron chi connectivity index (χ2n) is 5.84. The van der Waals surface area contributed by atoms with Gasteiger partial charge < -0.3 is 14.8 Å². The van der Waals surface area contributed by atoms with Crippen LogP contribution in [-0.4, -0.2) is 44.2 Å². The number of amides is 1. The highest BCUT2D eigenvalue weighted by Crippen LogP contribution is 2.14. The minimum absolute atomic E-state index is 0.0703. The van der Waals surface area contributed by atoms with Crippen LogP contribution in [0.4, 0.5) is 13.2 Å². The highest BCUT2D eigenvalue weighted by molar-refractivity contribution is 5.77. The maximum Gasteiger partial charge on any atom is 0.387 e. The monoisotopic (exact) mass is 382 g/mol. The number of hydrogen-bond donors (Lipinski definition) is 1. The average Bonchev–Trinajstić information content (AvgIpc) is 2.62. The van der Waals surface area contributed by atoms with Gasteiger partial charge in [0.05, 0.1) is 6.54 Å². The topological polar surface area (TPSA) is 50.8 Å². The van der Waals surface area contributed by atoms with Crippen LogP contribution in [0.2, 0.25) is 0 Å². The van der Waals surface area contributed by atoms with Gasteiger partial charge in [-0.15, -0.1) is 0 Å². The zero-order chi connectivity index (χ0) is 19.6.